The number of fused-ring (bicyclic) bond motifs is 1. The standard InChI is InChI=1S/C22H18N2O3/c1-14-5-3-4-6-18(14)21(25)23-16-9-7-15(8-10-16)22-24-19-13-17(26-2)11-12-20(19)27-22/h3-13H,1-2H3,(H,23,25). The van der Waals surface area contributed by atoms with Crippen molar-refractivity contribution in [1.29, 1.82) is 0 Å². The minimum absolute atomic E-state index is 0.130. The molecular weight excluding hydrogens is 340 g/mol. The summed E-state index contributed by atoms with van der Waals surface area (Å²) in [4.78, 5) is 16.9. The van der Waals surface area contributed by atoms with Crippen molar-refractivity contribution < 1.29 is 13.9 Å². The zero-order valence-corrected chi connectivity index (χ0v) is 15.0. The zero-order chi connectivity index (χ0) is 18.8. The monoisotopic (exact) mass is 358 g/mol. The van der Waals surface area contributed by atoms with E-state index < -0.39 is 0 Å². The smallest absolute Gasteiger partial charge is 0.255 e. The molecule has 0 bridgehead atoms. The lowest BCUT2D eigenvalue weighted by Gasteiger charge is -2.07. The molecule has 1 heterocycles. The van der Waals surface area contributed by atoms with Crippen LogP contribution in [0.25, 0.3) is 22.6 Å². The number of nitrogens with one attached hydrogen (secondary N) is 1. The van der Waals surface area contributed by atoms with Crippen molar-refractivity contribution in [2.24, 2.45) is 0 Å². The van der Waals surface area contributed by atoms with Gasteiger partial charge in [0, 0.05) is 22.9 Å². The molecule has 0 spiro atoms. The third-order valence-electron chi connectivity index (χ3n) is 4.37. The van der Waals surface area contributed by atoms with Gasteiger partial charge in [-0.05, 0) is 55.0 Å². The molecule has 4 aromatic rings. The first kappa shape index (κ1) is 16.8. The lowest BCUT2D eigenvalue weighted by atomic mass is 10.1. The van der Waals surface area contributed by atoms with E-state index in [1.165, 1.54) is 0 Å². The highest BCUT2D eigenvalue weighted by molar-refractivity contribution is 6.05. The molecule has 0 aliphatic carbocycles. The van der Waals surface area contributed by atoms with Gasteiger partial charge in [0.15, 0.2) is 5.58 Å². The van der Waals surface area contributed by atoms with Crippen molar-refractivity contribution in [3.8, 4) is 17.2 Å². The Kier molecular flexibility index (Phi) is 4.34. The molecule has 1 N–H and O–H groups in total. The van der Waals surface area contributed by atoms with Gasteiger partial charge in [-0.2, -0.15) is 0 Å². The van der Waals surface area contributed by atoms with Crippen LogP contribution in [0.15, 0.2) is 71.1 Å². The lowest BCUT2D eigenvalue weighted by Crippen LogP contribution is -2.13. The number of benzene rings is 3. The van der Waals surface area contributed by atoms with Gasteiger partial charge in [0.25, 0.3) is 5.91 Å². The summed E-state index contributed by atoms with van der Waals surface area (Å²) >= 11 is 0. The Labute approximate surface area is 156 Å². The van der Waals surface area contributed by atoms with E-state index >= 15 is 0 Å². The van der Waals surface area contributed by atoms with Gasteiger partial charge >= 0.3 is 0 Å². The summed E-state index contributed by atoms with van der Waals surface area (Å²) in [6.45, 7) is 1.92. The van der Waals surface area contributed by atoms with Crippen molar-refractivity contribution in [2.75, 3.05) is 12.4 Å². The number of rotatable bonds is 4. The van der Waals surface area contributed by atoms with Crippen LogP contribution < -0.4 is 10.1 Å². The van der Waals surface area contributed by atoms with E-state index in [4.69, 9.17) is 9.15 Å². The molecule has 0 fully saturated rings. The van der Waals surface area contributed by atoms with Crippen molar-refractivity contribution in [1.82, 2.24) is 4.98 Å². The molecule has 0 saturated heterocycles. The molecule has 1 amide bonds. The maximum atomic E-state index is 12.4. The summed E-state index contributed by atoms with van der Waals surface area (Å²) in [5, 5.41) is 2.91. The van der Waals surface area contributed by atoms with Gasteiger partial charge in [0.2, 0.25) is 5.89 Å². The number of hydrogen-bond acceptors (Lipinski definition) is 4. The van der Waals surface area contributed by atoms with E-state index in [-0.39, 0.29) is 5.91 Å². The predicted molar refractivity (Wildman–Crippen MR) is 105 cm³/mol. The predicted octanol–water partition coefficient (Wildman–Crippen LogP) is 5.06. The molecule has 0 unspecified atom stereocenters. The topological polar surface area (TPSA) is 64.4 Å². The third kappa shape index (κ3) is 3.40. The Morgan fingerprint density at radius 3 is 2.56 bits per heavy atom. The molecule has 0 saturated carbocycles. The number of oxazole rings is 1. The second-order valence-electron chi connectivity index (χ2n) is 6.20. The van der Waals surface area contributed by atoms with Gasteiger partial charge in [-0.3, -0.25) is 4.79 Å². The van der Waals surface area contributed by atoms with Gasteiger partial charge in [0.1, 0.15) is 11.3 Å². The van der Waals surface area contributed by atoms with Crippen LogP contribution in [-0.4, -0.2) is 18.0 Å². The number of methoxy groups -OCH3 is 1. The van der Waals surface area contributed by atoms with Crippen LogP contribution in [0.3, 0.4) is 0 Å². The summed E-state index contributed by atoms with van der Waals surface area (Å²) in [5.41, 5.74) is 4.58. The molecular formula is C22H18N2O3. The number of nitrogens with zero attached hydrogens (tertiary/aromatic N) is 1. The normalized spacial score (nSPS) is 10.7. The molecule has 5 heteroatoms. The van der Waals surface area contributed by atoms with E-state index in [1.807, 2.05) is 73.7 Å². The molecule has 0 radical (unpaired) electrons. The second-order valence-corrected chi connectivity index (χ2v) is 6.20. The quantitative estimate of drug-likeness (QED) is 0.553. The van der Waals surface area contributed by atoms with Crippen LogP contribution in [0.2, 0.25) is 0 Å². The third-order valence-corrected chi connectivity index (χ3v) is 4.37. The Morgan fingerprint density at radius 1 is 1.04 bits per heavy atom. The summed E-state index contributed by atoms with van der Waals surface area (Å²) in [7, 11) is 1.62. The van der Waals surface area contributed by atoms with Gasteiger partial charge in [-0.25, -0.2) is 4.98 Å². The first-order chi connectivity index (χ1) is 13.1. The van der Waals surface area contributed by atoms with Crippen LogP contribution in [0.5, 0.6) is 5.75 Å². The fraction of sp³-hybridized carbons (Fsp3) is 0.0909. The van der Waals surface area contributed by atoms with Gasteiger partial charge < -0.3 is 14.5 Å². The average Bonchev–Trinajstić information content (AvgIpc) is 3.12. The number of carbonyl (C=O) groups excluding carboxylic acids is 1. The fourth-order valence-electron chi connectivity index (χ4n) is 2.88. The van der Waals surface area contributed by atoms with Crippen molar-refractivity contribution in [2.45, 2.75) is 6.92 Å². The van der Waals surface area contributed by atoms with Crippen LogP contribution in [0, 0.1) is 6.92 Å². The molecule has 0 atom stereocenters. The molecule has 0 aliphatic heterocycles. The number of ether oxygens (including phenoxy) is 1. The van der Waals surface area contributed by atoms with Crippen molar-refractivity contribution in [3.05, 3.63) is 77.9 Å². The van der Waals surface area contributed by atoms with Gasteiger partial charge in [0.05, 0.1) is 7.11 Å². The molecule has 3 aromatic carbocycles. The number of aryl methyl sites for hydroxylation is 1. The van der Waals surface area contributed by atoms with E-state index in [1.54, 1.807) is 7.11 Å². The summed E-state index contributed by atoms with van der Waals surface area (Å²) in [5.74, 6) is 1.13. The first-order valence-corrected chi connectivity index (χ1v) is 8.56. The van der Waals surface area contributed by atoms with Gasteiger partial charge in [-0.15, -0.1) is 0 Å². The van der Waals surface area contributed by atoms with Crippen LogP contribution in [0.1, 0.15) is 15.9 Å². The highest BCUT2D eigenvalue weighted by Gasteiger charge is 2.11. The van der Waals surface area contributed by atoms with Gasteiger partial charge in [-0.1, -0.05) is 18.2 Å². The highest BCUT2D eigenvalue weighted by Crippen LogP contribution is 2.27. The van der Waals surface area contributed by atoms with Crippen LogP contribution in [0.4, 0.5) is 5.69 Å². The first-order valence-electron chi connectivity index (χ1n) is 8.56. The maximum Gasteiger partial charge on any atom is 0.255 e. The number of anilines is 1. The SMILES string of the molecule is COc1ccc2oc(-c3ccc(NC(=O)c4ccccc4C)cc3)nc2c1. The molecule has 1 aromatic heterocycles. The summed E-state index contributed by atoms with van der Waals surface area (Å²) in [6, 6.07) is 20.4. The summed E-state index contributed by atoms with van der Waals surface area (Å²) in [6.07, 6.45) is 0. The second kappa shape index (κ2) is 6.96. The molecule has 134 valence electrons. The summed E-state index contributed by atoms with van der Waals surface area (Å²) < 4.78 is 11.0. The lowest BCUT2D eigenvalue weighted by molar-refractivity contribution is 0.102. The van der Waals surface area contributed by atoms with Crippen LogP contribution >= 0.6 is 0 Å². The Balaban J connectivity index is 1.55. The van der Waals surface area contributed by atoms with E-state index in [0.29, 0.717) is 22.7 Å². The number of hydrogen-bond donors (Lipinski definition) is 1. The van der Waals surface area contributed by atoms with Crippen molar-refractivity contribution in [3.63, 3.8) is 0 Å². The van der Waals surface area contributed by atoms with E-state index in [0.717, 1.165) is 22.4 Å². The maximum absolute atomic E-state index is 12.4. The molecule has 5 nitrogen and oxygen atoms in total. The number of amides is 1. The minimum Gasteiger partial charge on any atom is -0.497 e. The van der Waals surface area contributed by atoms with E-state index in [9.17, 15) is 4.79 Å². The largest absolute Gasteiger partial charge is 0.497 e. The van der Waals surface area contributed by atoms with Crippen LogP contribution in [-0.2, 0) is 0 Å². The number of carbonyl (C=O) groups is 1. The molecule has 4 rings (SSSR count). The Hall–Kier alpha value is -3.60. The fourth-order valence-corrected chi connectivity index (χ4v) is 2.88. The molecule has 0 aliphatic rings. The Morgan fingerprint density at radius 2 is 1.81 bits per heavy atom. The molecule has 27 heavy (non-hydrogen) atoms. The average molecular weight is 358 g/mol. The Bertz CT molecular complexity index is 1110. The minimum atomic E-state index is -0.130. The van der Waals surface area contributed by atoms with Crippen molar-refractivity contribution >= 4 is 22.7 Å². The number of aromatic nitrogens is 1. The van der Waals surface area contributed by atoms with E-state index in [2.05, 4.69) is 10.3 Å². The zero-order valence-electron chi connectivity index (χ0n) is 15.0. The highest BCUT2D eigenvalue weighted by atomic mass is 16.5.